The van der Waals surface area contributed by atoms with E-state index < -0.39 is 35.5 Å². The fraction of sp³-hybridized carbons (Fsp3) is 0.707. The van der Waals surface area contributed by atoms with Crippen molar-refractivity contribution < 1.29 is 38.9 Å². The number of aliphatic hydroxyl groups excluding tert-OH is 1. The molecule has 9 nitrogen and oxygen atoms in total. The largest absolute Gasteiger partial charge is 0.458 e. The zero-order chi connectivity index (χ0) is 35.9. The van der Waals surface area contributed by atoms with Crippen LogP contribution in [0, 0.1) is 34.5 Å². The lowest BCUT2D eigenvalue weighted by molar-refractivity contribution is -0.184. The number of esters is 1. The van der Waals surface area contributed by atoms with Crippen molar-refractivity contribution in [2.45, 2.75) is 128 Å². The summed E-state index contributed by atoms with van der Waals surface area (Å²) in [5.41, 5.74) is -0.529. The third kappa shape index (κ3) is 6.63. The van der Waals surface area contributed by atoms with Crippen LogP contribution in [0.5, 0.6) is 0 Å². The zero-order valence-electron chi connectivity index (χ0n) is 30.4. The summed E-state index contributed by atoms with van der Waals surface area (Å²) in [6.07, 6.45) is 7.56. The number of hydrogen-bond donors (Lipinski definition) is 3. The van der Waals surface area contributed by atoms with Gasteiger partial charge in [0.25, 0.3) is 0 Å². The van der Waals surface area contributed by atoms with Crippen molar-refractivity contribution in [2.24, 2.45) is 34.5 Å². The van der Waals surface area contributed by atoms with Gasteiger partial charge in [-0.2, -0.15) is 0 Å². The van der Waals surface area contributed by atoms with Gasteiger partial charge in [0.15, 0.2) is 12.4 Å². The monoisotopic (exact) mass is 691 g/mol. The predicted molar refractivity (Wildman–Crippen MR) is 188 cm³/mol. The van der Waals surface area contributed by atoms with Gasteiger partial charge in [-0.3, -0.25) is 19.2 Å². The van der Waals surface area contributed by atoms with Crippen LogP contribution in [0.15, 0.2) is 42.0 Å². The maximum atomic E-state index is 13.6. The quantitative estimate of drug-likeness (QED) is 0.263. The minimum Gasteiger partial charge on any atom is -0.458 e. The number of hydrogen-bond acceptors (Lipinski definition) is 8. The summed E-state index contributed by atoms with van der Waals surface area (Å²) >= 11 is 0. The van der Waals surface area contributed by atoms with E-state index in [1.54, 1.807) is 6.08 Å². The number of ketones is 2. The summed E-state index contributed by atoms with van der Waals surface area (Å²) in [4.78, 5) is 51.3. The Kier molecular flexibility index (Phi) is 10.5. The van der Waals surface area contributed by atoms with Gasteiger partial charge in [0, 0.05) is 36.8 Å². The van der Waals surface area contributed by atoms with E-state index in [0.29, 0.717) is 31.9 Å². The lowest BCUT2D eigenvalue weighted by Gasteiger charge is -2.60. The van der Waals surface area contributed by atoms with Crippen molar-refractivity contribution in [2.75, 3.05) is 19.8 Å². The van der Waals surface area contributed by atoms with Crippen molar-refractivity contribution in [3.63, 3.8) is 0 Å². The van der Waals surface area contributed by atoms with Crippen LogP contribution in [-0.4, -0.2) is 71.2 Å². The first-order chi connectivity index (χ1) is 23.7. The number of allylic oxidation sites excluding steroid dienone is 1. The Hall–Kier alpha value is -2.88. The van der Waals surface area contributed by atoms with Crippen molar-refractivity contribution in [1.82, 2.24) is 5.32 Å². The summed E-state index contributed by atoms with van der Waals surface area (Å²) in [6, 6.07) is 10.4. The normalized spacial score (nSPS) is 38.0. The number of rotatable bonds is 11. The molecule has 4 fully saturated rings. The molecule has 6 rings (SSSR count). The van der Waals surface area contributed by atoms with Gasteiger partial charge in [-0.05, 0) is 98.5 Å². The first-order valence-electron chi connectivity index (χ1n) is 19.0. The van der Waals surface area contributed by atoms with Crippen LogP contribution in [0.25, 0.3) is 0 Å². The molecule has 0 spiro atoms. The first-order valence-corrected chi connectivity index (χ1v) is 19.0. The smallest absolute Gasteiger partial charge is 0.306 e. The Morgan fingerprint density at radius 2 is 1.78 bits per heavy atom. The summed E-state index contributed by atoms with van der Waals surface area (Å²) < 4.78 is 11.4. The number of ether oxygens (including phenoxy) is 2. The Bertz CT molecular complexity index is 1490. The molecule has 1 aliphatic heterocycles. The highest BCUT2D eigenvalue weighted by atomic mass is 16.5. The second-order valence-corrected chi connectivity index (χ2v) is 16.9. The van der Waals surface area contributed by atoms with Gasteiger partial charge in [-0.1, -0.05) is 63.6 Å². The molecule has 50 heavy (non-hydrogen) atoms. The molecule has 4 aliphatic carbocycles. The van der Waals surface area contributed by atoms with E-state index in [0.717, 1.165) is 44.1 Å². The maximum Gasteiger partial charge on any atom is 0.306 e. The molecule has 0 aromatic heterocycles. The van der Waals surface area contributed by atoms with Gasteiger partial charge >= 0.3 is 5.97 Å². The third-order valence-corrected chi connectivity index (χ3v) is 14.0. The van der Waals surface area contributed by atoms with Crippen LogP contribution in [-0.2, 0) is 34.1 Å². The number of benzene rings is 1. The van der Waals surface area contributed by atoms with Crippen LogP contribution in [0.4, 0.5) is 0 Å². The molecule has 1 saturated heterocycles. The fourth-order valence-corrected chi connectivity index (χ4v) is 11.0. The Morgan fingerprint density at radius 3 is 2.52 bits per heavy atom. The number of amides is 1. The fourth-order valence-electron chi connectivity index (χ4n) is 11.0. The third-order valence-electron chi connectivity index (χ3n) is 14.0. The number of carbonyl (C=O) groups excluding carboxylic acids is 4. The molecule has 3 N–H and O–H groups in total. The van der Waals surface area contributed by atoms with Gasteiger partial charge < -0.3 is 25.0 Å². The summed E-state index contributed by atoms with van der Waals surface area (Å²) in [5.74, 6) is -0.747. The molecule has 1 aromatic carbocycles. The second kappa shape index (κ2) is 14.3. The molecule has 0 bridgehead atoms. The number of nitrogens with one attached hydrogen (secondary N) is 1. The van der Waals surface area contributed by atoms with E-state index in [9.17, 15) is 29.4 Å². The van der Waals surface area contributed by atoms with E-state index in [2.05, 4.69) is 50.4 Å². The second-order valence-electron chi connectivity index (χ2n) is 16.9. The Balaban J connectivity index is 0.996. The molecule has 3 saturated carbocycles. The average molecular weight is 692 g/mol. The molecule has 9 atom stereocenters. The minimum absolute atomic E-state index is 0.0207. The number of fused-ring (bicyclic) bond motifs is 5. The van der Waals surface area contributed by atoms with Gasteiger partial charge in [0.1, 0.15) is 5.60 Å². The molecule has 1 heterocycles. The summed E-state index contributed by atoms with van der Waals surface area (Å²) in [7, 11) is 0. The van der Waals surface area contributed by atoms with Gasteiger partial charge in [-0.25, -0.2) is 0 Å². The summed E-state index contributed by atoms with van der Waals surface area (Å²) in [5, 5.41) is 26.6. The molecule has 1 amide bonds. The van der Waals surface area contributed by atoms with Crippen molar-refractivity contribution >= 4 is 23.4 Å². The maximum absolute atomic E-state index is 13.6. The highest BCUT2D eigenvalue weighted by molar-refractivity contribution is 5.92. The number of Topliss-reactive ketones (excluding diaryl/α,β-unsaturated/α-hetero) is 1. The minimum atomic E-state index is -1.71. The van der Waals surface area contributed by atoms with Crippen molar-refractivity contribution in [1.29, 1.82) is 0 Å². The molecule has 5 aliphatic rings. The van der Waals surface area contributed by atoms with Crippen LogP contribution >= 0.6 is 0 Å². The van der Waals surface area contributed by atoms with E-state index in [1.165, 1.54) is 5.56 Å². The standard InChI is InChI=1S/C41H57NO8/c1-26(2)33-24-40(19-21-49-33,27-8-6-5-7-9-27)18-20-42-35(46)12-13-36(47)50-25-34(45)41(48)17-15-31-30-11-10-28-22-29(43)14-16-38(28,3)37(30)32(44)23-39(31,41)4/h5-9,22,26,30-33,37,44,48H,10-21,23-25H2,1-4H3,(H,42,46)/t30-,31+,32-,33-,37-,38-,39-,40+,41-/m0/s1. The van der Waals surface area contributed by atoms with Crippen LogP contribution in [0.3, 0.4) is 0 Å². The lowest BCUT2D eigenvalue weighted by atomic mass is 9.45. The molecule has 274 valence electrons. The van der Waals surface area contributed by atoms with Gasteiger partial charge in [0.2, 0.25) is 11.7 Å². The molecular weight excluding hydrogens is 634 g/mol. The van der Waals surface area contributed by atoms with E-state index in [4.69, 9.17) is 9.47 Å². The first kappa shape index (κ1) is 36.9. The van der Waals surface area contributed by atoms with Crippen molar-refractivity contribution in [3.8, 4) is 0 Å². The van der Waals surface area contributed by atoms with Crippen LogP contribution < -0.4 is 5.32 Å². The lowest BCUT2D eigenvalue weighted by Crippen LogP contribution is -2.62. The van der Waals surface area contributed by atoms with E-state index in [-0.39, 0.29) is 72.1 Å². The molecule has 1 aromatic rings. The molecule has 0 radical (unpaired) electrons. The van der Waals surface area contributed by atoms with Gasteiger partial charge in [0.05, 0.1) is 18.6 Å². The van der Waals surface area contributed by atoms with Gasteiger partial charge in [-0.15, -0.1) is 0 Å². The highest BCUT2D eigenvalue weighted by Crippen LogP contribution is 2.67. The number of carbonyl (C=O) groups is 4. The number of aliphatic hydroxyl groups is 2. The average Bonchev–Trinajstić information content (AvgIpc) is 3.37. The Morgan fingerprint density at radius 1 is 1.02 bits per heavy atom. The predicted octanol–water partition coefficient (Wildman–Crippen LogP) is 5.39. The van der Waals surface area contributed by atoms with Crippen LogP contribution in [0.2, 0.25) is 0 Å². The zero-order valence-corrected chi connectivity index (χ0v) is 30.4. The van der Waals surface area contributed by atoms with Crippen LogP contribution in [0.1, 0.15) is 110 Å². The van der Waals surface area contributed by atoms with E-state index in [1.807, 2.05) is 13.0 Å². The molecule has 0 unspecified atom stereocenters. The van der Waals surface area contributed by atoms with Crippen molar-refractivity contribution in [3.05, 3.63) is 47.5 Å². The topological polar surface area (TPSA) is 139 Å². The molecular formula is C41H57NO8. The summed E-state index contributed by atoms with van der Waals surface area (Å²) in [6.45, 7) is 9.02. The Labute approximate surface area is 296 Å². The SMILES string of the molecule is CC(C)[C@@H]1C[C@](CCNC(=O)CCC(=O)OCC(=O)[C@@]2(O)CC[C@@H]3[C@@H]4CCC5=CC(=O)CC[C@]5(C)[C@@H]4[C@@H](O)C[C@@]32C)(c2ccccc2)CCO1. The highest BCUT2D eigenvalue weighted by Gasteiger charge is 2.68. The van der Waals surface area contributed by atoms with E-state index >= 15 is 0 Å². The molecule has 9 heteroatoms.